The van der Waals surface area contributed by atoms with E-state index < -0.39 is 0 Å². The van der Waals surface area contributed by atoms with Crippen molar-refractivity contribution in [2.24, 2.45) is 0 Å². The molecule has 0 saturated heterocycles. The summed E-state index contributed by atoms with van der Waals surface area (Å²) in [7, 11) is 0. The van der Waals surface area contributed by atoms with Crippen LogP contribution in [0.4, 0.5) is 0 Å². The molecule has 0 aromatic heterocycles. The topological polar surface area (TPSA) is 46.5 Å². The van der Waals surface area contributed by atoms with E-state index >= 15 is 0 Å². The Labute approximate surface area is 67.4 Å². The second-order valence-corrected chi connectivity index (χ2v) is 2.58. The van der Waals surface area contributed by atoms with Crippen LogP contribution in [0, 0.1) is 0 Å². The van der Waals surface area contributed by atoms with Crippen LogP contribution in [-0.4, -0.2) is 30.2 Å². The number of rotatable bonds is 6. The van der Waals surface area contributed by atoms with E-state index in [9.17, 15) is 4.79 Å². The Hall–Kier alpha value is -0.410. The molecule has 11 heavy (non-hydrogen) atoms. The lowest BCUT2D eigenvalue weighted by Crippen LogP contribution is -2.11. The first kappa shape index (κ1) is 10.6. The first-order chi connectivity index (χ1) is 5.16. The van der Waals surface area contributed by atoms with Gasteiger partial charge in [0.05, 0.1) is 6.10 Å². The Morgan fingerprint density at radius 1 is 1.64 bits per heavy atom. The highest BCUT2D eigenvalue weighted by atomic mass is 16.5. The number of hydrogen-bond acceptors (Lipinski definition) is 3. The third-order valence-electron chi connectivity index (χ3n) is 1.34. The molecule has 0 fully saturated rings. The average Bonchev–Trinajstić information content (AvgIpc) is 1.97. The van der Waals surface area contributed by atoms with E-state index in [2.05, 4.69) is 0 Å². The van der Waals surface area contributed by atoms with Crippen molar-refractivity contribution in [2.75, 3.05) is 13.2 Å². The monoisotopic (exact) mass is 160 g/mol. The maximum Gasteiger partial charge on any atom is 0.158 e. The van der Waals surface area contributed by atoms with Gasteiger partial charge < -0.3 is 9.84 Å². The fraction of sp³-hybridized carbons (Fsp3) is 0.875. The Bertz CT molecular complexity index is 110. The van der Waals surface area contributed by atoms with E-state index in [1.807, 2.05) is 0 Å². The Kier molecular flexibility index (Phi) is 6.07. The van der Waals surface area contributed by atoms with E-state index in [1.165, 1.54) is 0 Å². The molecule has 0 saturated carbocycles. The van der Waals surface area contributed by atoms with Crippen molar-refractivity contribution in [1.82, 2.24) is 0 Å². The Morgan fingerprint density at radius 3 is 2.73 bits per heavy atom. The zero-order valence-electron chi connectivity index (χ0n) is 7.17. The zero-order valence-corrected chi connectivity index (χ0v) is 7.17. The van der Waals surface area contributed by atoms with Gasteiger partial charge in [0.1, 0.15) is 6.61 Å². The van der Waals surface area contributed by atoms with Crippen LogP contribution in [0.1, 0.15) is 26.7 Å². The summed E-state index contributed by atoms with van der Waals surface area (Å²) < 4.78 is 4.99. The number of hydrogen-bond donors (Lipinski definition) is 1. The van der Waals surface area contributed by atoms with Crippen LogP contribution >= 0.6 is 0 Å². The van der Waals surface area contributed by atoms with Gasteiger partial charge in [0.25, 0.3) is 0 Å². The summed E-state index contributed by atoms with van der Waals surface area (Å²) in [6.45, 7) is 4.15. The second-order valence-electron chi connectivity index (χ2n) is 2.58. The van der Waals surface area contributed by atoms with Crippen molar-refractivity contribution in [3.05, 3.63) is 0 Å². The van der Waals surface area contributed by atoms with Crippen LogP contribution in [0.2, 0.25) is 0 Å². The maximum atomic E-state index is 10.7. The molecule has 1 atom stereocenters. The quantitative estimate of drug-likeness (QED) is 0.583. The Morgan fingerprint density at radius 2 is 2.27 bits per heavy atom. The normalized spacial score (nSPS) is 13.0. The van der Waals surface area contributed by atoms with Crippen molar-refractivity contribution in [3.8, 4) is 0 Å². The molecule has 0 aliphatic heterocycles. The van der Waals surface area contributed by atoms with Crippen molar-refractivity contribution in [3.63, 3.8) is 0 Å². The van der Waals surface area contributed by atoms with Crippen molar-refractivity contribution >= 4 is 5.78 Å². The van der Waals surface area contributed by atoms with Crippen molar-refractivity contribution in [1.29, 1.82) is 0 Å². The number of ketones is 1. The highest BCUT2D eigenvalue weighted by Gasteiger charge is 1.98. The summed E-state index contributed by atoms with van der Waals surface area (Å²) >= 11 is 0. The minimum Gasteiger partial charge on any atom is -0.393 e. The largest absolute Gasteiger partial charge is 0.393 e. The number of aliphatic hydroxyl groups excluding tert-OH is 1. The molecule has 3 nitrogen and oxygen atoms in total. The third kappa shape index (κ3) is 7.49. The zero-order chi connectivity index (χ0) is 8.69. The predicted octanol–water partition coefficient (Wildman–Crippen LogP) is 0.753. The molecule has 0 heterocycles. The van der Waals surface area contributed by atoms with Gasteiger partial charge >= 0.3 is 0 Å². The molecule has 1 N–H and O–H groups in total. The molecule has 0 spiro atoms. The first-order valence-corrected chi connectivity index (χ1v) is 3.94. The minimum absolute atomic E-state index is 0.107. The second kappa shape index (κ2) is 6.31. The van der Waals surface area contributed by atoms with Gasteiger partial charge in [-0.25, -0.2) is 0 Å². The molecule has 0 rings (SSSR count). The molecular weight excluding hydrogens is 144 g/mol. The van der Waals surface area contributed by atoms with E-state index in [0.717, 1.165) is 0 Å². The van der Waals surface area contributed by atoms with Crippen LogP contribution in [0.5, 0.6) is 0 Å². The van der Waals surface area contributed by atoms with Gasteiger partial charge in [-0.2, -0.15) is 0 Å². The maximum absolute atomic E-state index is 10.7. The summed E-state index contributed by atoms with van der Waals surface area (Å²) in [5.74, 6) is 0.107. The lowest BCUT2D eigenvalue weighted by atomic mass is 10.3. The Balaban J connectivity index is 3.08. The SMILES string of the molecule is CCC(=O)COCCC(C)O. The molecule has 66 valence electrons. The summed E-state index contributed by atoms with van der Waals surface area (Å²) in [5.41, 5.74) is 0. The number of carbonyl (C=O) groups is 1. The van der Waals surface area contributed by atoms with Crippen LogP contribution in [0.15, 0.2) is 0 Å². The van der Waals surface area contributed by atoms with Crippen LogP contribution in [0.25, 0.3) is 0 Å². The third-order valence-corrected chi connectivity index (χ3v) is 1.34. The van der Waals surface area contributed by atoms with Gasteiger partial charge in [0.2, 0.25) is 0 Å². The number of ether oxygens (including phenoxy) is 1. The molecule has 0 bridgehead atoms. The average molecular weight is 160 g/mol. The molecule has 0 aromatic rings. The minimum atomic E-state index is -0.341. The first-order valence-electron chi connectivity index (χ1n) is 3.94. The summed E-state index contributed by atoms with van der Waals surface area (Å²) in [4.78, 5) is 10.7. The number of Topliss-reactive ketones (excluding diaryl/α,β-unsaturated/α-hetero) is 1. The highest BCUT2D eigenvalue weighted by molar-refractivity contribution is 5.79. The van der Waals surface area contributed by atoms with Gasteiger partial charge in [-0.05, 0) is 13.3 Å². The molecule has 1 unspecified atom stereocenters. The molecule has 0 aliphatic carbocycles. The van der Waals surface area contributed by atoms with Gasteiger partial charge in [-0.1, -0.05) is 6.92 Å². The summed E-state index contributed by atoms with van der Waals surface area (Å²) in [6.07, 6.45) is 0.776. The van der Waals surface area contributed by atoms with Crippen molar-refractivity contribution in [2.45, 2.75) is 32.8 Å². The molecule has 0 aliphatic rings. The van der Waals surface area contributed by atoms with Gasteiger partial charge in [-0.15, -0.1) is 0 Å². The summed E-state index contributed by atoms with van der Waals surface area (Å²) in [6, 6.07) is 0. The smallest absolute Gasteiger partial charge is 0.158 e. The summed E-state index contributed by atoms with van der Waals surface area (Å²) in [5, 5.41) is 8.81. The van der Waals surface area contributed by atoms with Crippen LogP contribution in [0.3, 0.4) is 0 Å². The number of aliphatic hydroxyl groups is 1. The van der Waals surface area contributed by atoms with E-state index in [0.29, 0.717) is 19.4 Å². The predicted molar refractivity (Wildman–Crippen MR) is 42.4 cm³/mol. The van der Waals surface area contributed by atoms with Gasteiger partial charge in [-0.3, -0.25) is 4.79 Å². The lowest BCUT2D eigenvalue weighted by molar-refractivity contribution is -0.123. The molecule has 3 heteroatoms. The highest BCUT2D eigenvalue weighted by Crippen LogP contribution is 1.91. The van der Waals surface area contributed by atoms with Crippen LogP contribution in [-0.2, 0) is 9.53 Å². The van der Waals surface area contributed by atoms with Crippen LogP contribution < -0.4 is 0 Å². The fourth-order valence-corrected chi connectivity index (χ4v) is 0.542. The van der Waals surface area contributed by atoms with Gasteiger partial charge in [0, 0.05) is 13.0 Å². The van der Waals surface area contributed by atoms with E-state index in [1.54, 1.807) is 13.8 Å². The molecule has 0 radical (unpaired) electrons. The fourth-order valence-electron chi connectivity index (χ4n) is 0.542. The van der Waals surface area contributed by atoms with E-state index in [4.69, 9.17) is 9.84 Å². The number of carbonyl (C=O) groups excluding carboxylic acids is 1. The molecule has 0 aromatic carbocycles. The molecular formula is C8H16O3. The van der Waals surface area contributed by atoms with E-state index in [-0.39, 0.29) is 18.5 Å². The standard InChI is InChI=1S/C8H16O3/c1-3-8(10)6-11-5-4-7(2)9/h7,9H,3-6H2,1-2H3. The molecule has 0 amide bonds. The van der Waals surface area contributed by atoms with Crippen molar-refractivity contribution < 1.29 is 14.6 Å². The lowest BCUT2D eigenvalue weighted by Gasteiger charge is -2.03. The van der Waals surface area contributed by atoms with Gasteiger partial charge in [0.15, 0.2) is 5.78 Å².